The standard InChI is InChI=1S/C15H22FNO/c1-11-12(16)6-7-13(18-2)14(11)15(10-17)8-4-3-5-9-15/h6-7H,3-5,8-10,17H2,1-2H3. The molecule has 2 N–H and O–H groups in total. The van der Waals surface area contributed by atoms with Crippen LogP contribution in [-0.2, 0) is 5.41 Å². The second-order valence-corrected chi connectivity index (χ2v) is 5.29. The van der Waals surface area contributed by atoms with Gasteiger partial charge < -0.3 is 10.5 Å². The molecule has 0 radical (unpaired) electrons. The summed E-state index contributed by atoms with van der Waals surface area (Å²) >= 11 is 0. The lowest BCUT2D eigenvalue weighted by atomic mass is 9.68. The van der Waals surface area contributed by atoms with Crippen LogP contribution in [0.4, 0.5) is 4.39 Å². The largest absolute Gasteiger partial charge is 0.496 e. The van der Waals surface area contributed by atoms with Crippen LogP contribution in [0.2, 0.25) is 0 Å². The summed E-state index contributed by atoms with van der Waals surface area (Å²) in [6.45, 7) is 2.40. The highest BCUT2D eigenvalue weighted by Crippen LogP contribution is 2.44. The number of methoxy groups -OCH3 is 1. The summed E-state index contributed by atoms with van der Waals surface area (Å²) in [6, 6.07) is 3.20. The Balaban J connectivity index is 2.56. The fraction of sp³-hybridized carbons (Fsp3) is 0.600. The van der Waals surface area contributed by atoms with Crippen LogP contribution >= 0.6 is 0 Å². The van der Waals surface area contributed by atoms with Crippen molar-refractivity contribution in [1.82, 2.24) is 0 Å². The molecule has 1 saturated carbocycles. The number of hydrogen-bond acceptors (Lipinski definition) is 2. The first-order valence-electron chi connectivity index (χ1n) is 6.68. The van der Waals surface area contributed by atoms with Crippen molar-refractivity contribution >= 4 is 0 Å². The third-order valence-electron chi connectivity index (χ3n) is 4.31. The Kier molecular flexibility index (Phi) is 3.91. The van der Waals surface area contributed by atoms with E-state index >= 15 is 0 Å². The van der Waals surface area contributed by atoms with Gasteiger partial charge in [0.05, 0.1) is 7.11 Å². The van der Waals surface area contributed by atoms with Crippen molar-refractivity contribution in [3.8, 4) is 5.75 Å². The summed E-state index contributed by atoms with van der Waals surface area (Å²) in [4.78, 5) is 0. The average molecular weight is 251 g/mol. The predicted octanol–water partition coefficient (Wildman–Crippen LogP) is 3.30. The Bertz CT molecular complexity index is 425. The maximum absolute atomic E-state index is 13.9. The number of ether oxygens (including phenoxy) is 1. The zero-order valence-electron chi connectivity index (χ0n) is 11.3. The molecule has 100 valence electrons. The summed E-state index contributed by atoms with van der Waals surface area (Å²) in [5.41, 5.74) is 7.62. The first kappa shape index (κ1) is 13.3. The topological polar surface area (TPSA) is 35.2 Å². The highest BCUT2D eigenvalue weighted by molar-refractivity contribution is 5.46. The molecule has 0 aliphatic heterocycles. The summed E-state index contributed by atoms with van der Waals surface area (Å²) in [5.74, 6) is 0.616. The SMILES string of the molecule is COc1ccc(F)c(C)c1C1(CN)CCCCC1. The van der Waals surface area contributed by atoms with Crippen LogP contribution in [-0.4, -0.2) is 13.7 Å². The quantitative estimate of drug-likeness (QED) is 0.894. The smallest absolute Gasteiger partial charge is 0.126 e. The minimum atomic E-state index is -0.163. The predicted molar refractivity (Wildman–Crippen MR) is 71.5 cm³/mol. The van der Waals surface area contributed by atoms with Gasteiger partial charge in [0, 0.05) is 17.5 Å². The van der Waals surface area contributed by atoms with Crippen LogP contribution in [0.25, 0.3) is 0 Å². The molecule has 0 atom stereocenters. The van der Waals surface area contributed by atoms with Crippen molar-refractivity contribution in [3.63, 3.8) is 0 Å². The fourth-order valence-electron chi connectivity index (χ4n) is 3.28. The lowest BCUT2D eigenvalue weighted by Crippen LogP contribution is -2.38. The maximum Gasteiger partial charge on any atom is 0.126 e. The van der Waals surface area contributed by atoms with E-state index in [-0.39, 0.29) is 11.2 Å². The molecular formula is C15H22FNO. The monoisotopic (exact) mass is 251 g/mol. The molecule has 0 aromatic heterocycles. The molecule has 0 unspecified atom stereocenters. The fourth-order valence-corrected chi connectivity index (χ4v) is 3.28. The molecule has 0 heterocycles. The molecule has 0 bridgehead atoms. The Hall–Kier alpha value is -1.09. The molecule has 1 aromatic carbocycles. The Morgan fingerprint density at radius 1 is 1.28 bits per heavy atom. The van der Waals surface area contributed by atoms with Crippen molar-refractivity contribution in [1.29, 1.82) is 0 Å². The van der Waals surface area contributed by atoms with Crippen molar-refractivity contribution in [2.45, 2.75) is 44.4 Å². The van der Waals surface area contributed by atoms with Gasteiger partial charge in [-0.1, -0.05) is 19.3 Å². The first-order chi connectivity index (χ1) is 8.64. The third kappa shape index (κ3) is 2.12. The van der Waals surface area contributed by atoms with Gasteiger partial charge in [-0.05, 0) is 37.5 Å². The molecule has 18 heavy (non-hydrogen) atoms. The van der Waals surface area contributed by atoms with Gasteiger partial charge >= 0.3 is 0 Å². The zero-order chi connectivity index (χ0) is 13.2. The normalized spacial score (nSPS) is 18.7. The molecule has 1 aromatic rings. The average Bonchev–Trinajstić information content (AvgIpc) is 2.42. The van der Waals surface area contributed by atoms with E-state index in [2.05, 4.69) is 0 Å². The van der Waals surface area contributed by atoms with Gasteiger partial charge in [-0.25, -0.2) is 4.39 Å². The van der Waals surface area contributed by atoms with Gasteiger partial charge in [0.15, 0.2) is 0 Å². The first-order valence-corrected chi connectivity index (χ1v) is 6.68. The van der Waals surface area contributed by atoms with E-state index in [1.165, 1.54) is 12.5 Å². The van der Waals surface area contributed by atoms with E-state index in [1.807, 2.05) is 6.92 Å². The summed E-state index contributed by atoms with van der Waals surface area (Å²) in [5, 5.41) is 0. The van der Waals surface area contributed by atoms with E-state index in [0.29, 0.717) is 12.1 Å². The van der Waals surface area contributed by atoms with Crippen LogP contribution in [0.1, 0.15) is 43.2 Å². The Labute approximate surface area is 108 Å². The zero-order valence-corrected chi connectivity index (χ0v) is 11.3. The molecule has 1 fully saturated rings. The van der Waals surface area contributed by atoms with Crippen LogP contribution < -0.4 is 10.5 Å². The molecule has 1 aliphatic rings. The van der Waals surface area contributed by atoms with Gasteiger partial charge in [0.2, 0.25) is 0 Å². The minimum Gasteiger partial charge on any atom is -0.496 e. The second kappa shape index (κ2) is 5.27. The van der Waals surface area contributed by atoms with E-state index in [1.54, 1.807) is 13.2 Å². The number of benzene rings is 1. The van der Waals surface area contributed by atoms with Crippen LogP contribution in [0.15, 0.2) is 12.1 Å². The molecule has 0 spiro atoms. The summed E-state index contributed by atoms with van der Waals surface area (Å²) in [6.07, 6.45) is 5.64. The molecule has 3 heteroatoms. The summed E-state index contributed by atoms with van der Waals surface area (Å²) < 4.78 is 19.3. The van der Waals surface area contributed by atoms with Gasteiger partial charge in [0.25, 0.3) is 0 Å². The Morgan fingerprint density at radius 2 is 1.94 bits per heavy atom. The van der Waals surface area contributed by atoms with E-state index in [0.717, 1.165) is 37.0 Å². The molecular weight excluding hydrogens is 229 g/mol. The number of rotatable bonds is 3. The number of hydrogen-bond donors (Lipinski definition) is 1. The number of halogens is 1. The van der Waals surface area contributed by atoms with Gasteiger partial charge in [-0.3, -0.25) is 0 Å². The molecule has 0 amide bonds. The van der Waals surface area contributed by atoms with E-state index in [4.69, 9.17) is 10.5 Å². The highest BCUT2D eigenvalue weighted by atomic mass is 19.1. The summed E-state index contributed by atoms with van der Waals surface area (Å²) in [7, 11) is 1.64. The maximum atomic E-state index is 13.9. The van der Waals surface area contributed by atoms with Gasteiger partial charge in [-0.2, -0.15) is 0 Å². The van der Waals surface area contributed by atoms with E-state index < -0.39 is 0 Å². The Morgan fingerprint density at radius 3 is 2.50 bits per heavy atom. The molecule has 1 aliphatic carbocycles. The third-order valence-corrected chi connectivity index (χ3v) is 4.31. The van der Waals surface area contributed by atoms with Gasteiger partial charge in [0.1, 0.15) is 11.6 Å². The lowest BCUT2D eigenvalue weighted by Gasteiger charge is -2.38. The molecule has 0 saturated heterocycles. The lowest BCUT2D eigenvalue weighted by molar-refractivity contribution is 0.285. The molecule has 2 rings (SSSR count). The van der Waals surface area contributed by atoms with Crippen molar-refractivity contribution in [2.24, 2.45) is 5.73 Å². The van der Waals surface area contributed by atoms with Crippen molar-refractivity contribution < 1.29 is 9.13 Å². The van der Waals surface area contributed by atoms with Crippen LogP contribution in [0, 0.1) is 12.7 Å². The van der Waals surface area contributed by atoms with Gasteiger partial charge in [-0.15, -0.1) is 0 Å². The van der Waals surface area contributed by atoms with Crippen LogP contribution in [0.5, 0.6) is 5.75 Å². The van der Waals surface area contributed by atoms with E-state index in [9.17, 15) is 4.39 Å². The number of nitrogens with two attached hydrogens (primary N) is 1. The second-order valence-electron chi connectivity index (χ2n) is 5.29. The highest BCUT2D eigenvalue weighted by Gasteiger charge is 2.36. The van der Waals surface area contributed by atoms with Crippen molar-refractivity contribution in [2.75, 3.05) is 13.7 Å². The molecule has 2 nitrogen and oxygen atoms in total. The van der Waals surface area contributed by atoms with Crippen LogP contribution in [0.3, 0.4) is 0 Å². The van der Waals surface area contributed by atoms with Crippen molar-refractivity contribution in [3.05, 3.63) is 29.1 Å². The minimum absolute atomic E-state index is 0.101.